The van der Waals surface area contributed by atoms with Crippen LogP contribution in [0.3, 0.4) is 0 Å². The van der Waals surface area contributed by atoms with Crippen LogP contribution in [0.25, 0.3) is 0 Å². The van der Waals surface area contributed by atoms with Gasteiger partial charge in [-0.2, -0.15) is 0 Å². The van der Waals surface area contributed by atoms with Gasteiger partial charge in [0.25, 0.3) is 0 Å². The first-order chi connectivity index (χ1) is 6.36. The van der Waals surface area contributed by atoms with E-state index in [2.05, 4.69) is 11.6 Å². The van der Waals surface area contributed by atoms with Gasteiger partial charge in [-0.25, -0.2) is 0 Å². The predicted molar refractivity (Wildman–Crippen MR) is 56.1 cm³/mol. The molecule has 1 heterocycles. The van der Waals surface area contributed by atoms with Gasteiger partial charge in [0.15, 0.2) is 5.90 Å². The summed E-state index contributed by atoms with van der Waals surface area (Å²) >= 11 is 0. The molecule has 0 aromatic carbocycles. The van der Waals surface area contributed by atoms with Gasteiger partial charge in [0.1, 0.15) is 0 Å². The van der Waals surface area contributed by atoms with Gasteiger partial charge in [0.2, 0.25) is 0 Å². The molecule has 1 unspecified atom stereocenters. The van der Waals surface area contributed by atoms with E-state index >= 15 is 0 Å². The maximum absolute atomic E-state index is 5.21. The summed E-state index contributed by atoms with van der Waals surface area (Å²) in [5, 5.41) is 0. The molecule has 2 nitrogen and oxygen atoms in total. The van der Waals surface area contributed by atoms with Gasteiger partial charge < -0.3 is 4.74 Å². The minimum absolute atomic E-state index is 0.468. The van der Waals surface area contributed by atoms with Crippen molar-refractivity contribution in [1.29, 1.82) is 0 Å². The maximum atomic E-state index is 5.21. The van der Waals surface area contributed by atoms with E-state index in [9.17, 15) is 0 Å². The fraction of sp³-hybridized carbons (Fsp3) is 0.727. The molecule has 0 N–H and O–H groups in total. The molecule has 0 aliphatic carbocycles. The highest BCUT2D eigenvalue weighted by Crippen LogP contribution is 2.17. The molecule has 2 heteroatoms. The second kappa shape index (κ2) is 5.79. The third-order valence-corrected chi connectivity index (χ3v) is 2.44. The summed E-state index contributed by atoms with van der Waals surface area (Å²) in [6, 6.07) is 0.468. The van der Waals surface area contributed by atoms with Crippen molar-refractivity contribution < 1.29 is 4.74 Å². The van der Waals surface area contributed by atoms with Crippen LogP contribution < -0.4 is 0 Å². The average Bonchev–Trinajstić information content (AvgIpc) is 2.39. The van der Waals surface area contributed by atoms with Crippen LogP contribution in [0.5, 0.6) is 0 Å². The number of rotatable bonds is 3. The molecule has 0 saturated carbocycles. The Morgan fingerprint density at radius 2 is 2.46 bits per heavy atom. The summed E-state index contributed by atoms with van der Waals surface area (Å²) in [6.07, 6.45) is 8.87. The smallest absolute Gasteiger partial charge is 0.183 e. The lowest BCUT2D eigenvalue weighted by atomic mass is 10.1. The third kappa shape index (κ3) is 3.62. The zero-order valence-corrected chi connectivity index (χ0v) is 8.46. The zero-order valence-electron chi connectivity index (χ0n) is 8.46. The molecule has 0 fully saturated rings. The Morgan fingerprint density at radius 3 is 3.15 bits per heavy atom. The molecular formula is C11H19NO. The van der Waals surface area contributed by atoms with Crippen molar-refractivity contribution in [3.05, 3.63) is 12.7 Å². The van der Waals surface area contributed by atoms with Gasteiger partial charge in [-0.05, 0) is 25.7 Å². The first-order valence-electron chi connectivity index (χ1n) is 5.08. The average molecular weight is 181 g/mol. The number of hydrogen-bond acceptors (Lipinski definition) is 2. The van der Waals surface area contributed by atoms with Crippen molar-refractivity contribution in [2.75, 3.05) is 7.11 Å². The lowest BCUT2D eigenvalue weighted by Crippen LogP contribution is -2.07. The quantitative estimate of drug-likeness (QED) is 0.613. The summed E-state index contributed by atoms with van der Waals surface area (Å²) in [5.74, 6) is 0.937. The SMILES string of the molecule is C=CCCC1CCCCC(OC)=N1. The van der Waals surface area contributed by atoms with Crippen molar-refractivity contribution in [2.45, 2.75) is 44.6 Å². The number of hydrogen-bond donors (Lipinski definition) is 0. The van der Waals surface area contributed by atoms with Crippen LogP contribution in [0, 0.1) is 0 Å². The second-order valence-electron chi connectivity index (χ2n) is 3.49. The predicted octanol–water partition coefficient (Wildman–Crippen LogP) is 2.94. The highest BCUT2D eigenvalue weighted by Gasteiger charge is 2.12. The molecule has 1 atom stereocenters. The minimum Gasteiger partial charge on any atom is -0.484 e. The highest BCUT2D eigenvalue weighted by atomic mass is 16.5. The van der Waals surface area contributed by atoms with Crippen LogP contribution in [-0.4, -0.2) is 19.0 Å². The van der Waals surface area contributed by atoms with Crippen LogP contribution in [-0.2, 0) is 4.74 Å². The number of methoxy groups -OCH3 is 1. The molecule has 1 aliphatic rings. The number of aliphatic imine (C=N–C) groups is 1. The van der Waals surface area contributed by atoms with E-state index in [0.29, 0.717) is 6.04 Å². The van der Waals surface area contributed by atoms with E-state index in [1.54, 1.807) is 7.11 Å². The minimum atomic E-state index is 0.468. The maximum Gasteiger partial charge on any atom is 0.183 e. The van der Waals surface area contributed by atoms with Crippen molar-refractivity contribution in [3.8, 4) is 0 Å². The fourth-order valence-corrected chi connectivity index (χ4v) is 1.66. The van der Waals surface area contributed by atoms with Crippen molar-refractivity contribution in [3.63, 3.8) is 0 Å². The van der Waals surface area contributed by atoms with Gasteiger partial charge in [-0.3, -0.25) is 4.99 Å². The van der Waals surface area contributed by atoms with E-state index in [0.717, 1.165) is 25.2 Å². The molecule has 13 heavy (non-hydrogen) atoms. The summed E-state index contributed by atoms with van der Waals surface area (Å²) < 4.78 is 5.21. The van der Waals surface area contributed by atoms with Gasteiger partial charge in [-0.15, -0.1) is 6.58 Å². The largest absolute Gasteiger partial charge is 0.484 e. The monoisotopic (exact) mass is 181 g/mol. The Bertz CT molecular complexity index is 187. The molecule has 1 aliphatic heterocycles. The molecular weight excluding hydrogens is 162 g/mol. The van der Waals surface area contributed by atoms with Crippen LogP contribution >= 0.6 is 0 Å². The van der Waals surface area contributed by atoms with Gasteiger partial charge in [0, 0.05) is 6.42 Å². The Labute approximate surface area is 80.7 Å². The van der Waals surface area contributed by atoms with E-state index in [1.165, 1.54) is 19.3 Å². The van der Waals surface area contributed by atoms with Gasteiger partial charge >= 0.3 is 0 Å². The zero-order chi connectivity index (χ0) is 9.52. The van der Waals surface area contributed by atoms with Gasteiger partial charge in [0.05, 0.1) is 13.2 Å². The molecule has 0 saturated heterocycles. The van der Waals surface area contributed by atoms with Gasteiger partial charge in [-0.1, -0.05) is 12.5 Å². The van der Waals surface area contributed by atoms with Crippen LogP contribution in [0.15, 0.2) is 17.6 Å². The Kier molecular flexibility index (Phi) is 4.58. The highest BCUT2D eigenvalue weighted by molar-refractivity contribution is 5.76. The lowest BCUT2D eigenvalue weighted by molar-refractivity contribution is 0.386. The molecule has 1 rings (SSSR count). The molecule has 0 aromatic heterocycles. The van der Waals surface area contributed by atoms with Crippen LogP contribution in [0.1, 0.15) is 38.5 Å². The Hall–Kier alpha value is -0.790. The number of nitrogens with zero attached hydrogens (tertiary/aromatic N) is 1. The molecule has 0 amide bonds. The summed E-state index contributed by atoms with van der Waals surface area (Å²) in [6.45, 7) is 3.73. The van der Waals surface area contributed by atoms with Crippen LogP contribution in [0.4, 0.5) is 0 Å². The summed E-state index contributed by atoms with van der Waals surface area (Å²) in [7, 11) is 1.72. The third-order valence-electron chi connectivity index (χ3n) is 2.44. The fourth-order valence-electron chi connectivity index (χ4n) is 1.66. The summed E-state index contributed by atoms with van der Waals surface area (Å²) in [5.41, 5.74) is 0. The Balaban J connectivity index is 2.45. The van der Waals surface area contributed by atoms with Crippen molar-refractivity contribution in [2.24, 2.45) is 4.99 Å². The molecule has 0 aromatic rings. The standard InChI is InChI=1S/C11H19NO/c1-3-4-7-10-8-5-6-9-11(12-10)13-2/h3,10H,1,4-9H2,2H3. The lowest BCUT2D eigenvalue weighted by Gasteiger charge is -2.08. The number of allylic oxidation sites excluding steroid dienone is 1. The van der Waals surface area contributed by atoms with E-state index < -0.39 is 0 Å². The molecule has 0 bridgehead atoms. The van der Waals surface area contributed by atoms with E-state index in [4.69, 9.17) is 4.74 Å². The van der Waals surface area contributed by atoms with E-state index in [-0.39, 0.29) is 0 Å². The van der Waals surface area contributed by atoms with E-state index in [1.807, 2.05) is 6.08 Å². The number of ether oxygens (including phenoxy) is 1. The molecule has 0 radical (unpaired) electrons. The molecule has 74 valence electrons. The normalized spacial score (nSPS) is 23.2. The van der Waals surface area contributed by atoms with Crippen LogP contribution in [0.2, 0.25) is 0 Å². The first-order valence-corrected chi connectivity index (χ1v) is 5.08. The summed E-state index contributed by atoms with van der Waals surface area (Å²) in [4.78, 5) is 4.58. The second-order valence-corrected chi connectivity index (χ2v) is 3.49. The van der Waals surface area contributed by atoms with Crippen molar-refractivity contribution >= 4 is 5.90 Å². The molecule has 0 spiro atoms. The van der Waals surface area contributed by atoms with Crippen molar-refractivity contribution in [1.82, 2.24) is 0 Å². The first kappa shape index (κ1) is 10.3. The topological polar surface area (TPSA) is 21.6 Å². The Morgan fingerprint density at radius 1 is 1.62 bits per heavy atom.